The third-order valence-electron chi connectivity index (χ3n) is 12.9. The summed E-state index contributed by atoms with van der Waals surface area (Å²) in [5.74, 6) is 0.706. The molecule has 3 saturated heterocycles. The summed E-state index contributed by atoms with van der Waals surface area (Å²) < 4.78 is 17.0. The predicted molar refractivity (Wildman–Crippen MR) is 206 cm³/mol. The molecule has 2 aromatic heterocycles. The van der Waals surface area contributed by atoms with Crippen molar-refractivity contribution in [2.24, 2.45) is 5.92 Å². The molecule has 0 unspecified atom stereocenters. The normalized spacial score (nSPS) is 23.5. The summed E-state index contributed by atoms with van der Waals surface area (Å²) in [6.07, 6.45) is 10.7. The maximum absolute atomic E-state index is 14.9. The molecule has 6 heterocycles. The number of benzene rings is 2. The zero-order chi connectivity index (χ0) is 36.3. The topological polar surface area (TPSA) is 98.6 Å². The van der Waals surface area contributed by atoms with E-state index >= 15 is 0 Å². The van der Waals surface area contributed by atoms with Crippen LogP contribution in [0.15, 0.2) is 54.9 Å². The Morgan fingerprint density at radius 3 is 2.45 bits per heavy atom. The molecular weight excluding hydrogens is 668 g/mol. The molecule has 53 heavy (non-hydrogen) atoms. The fourth-order valence-corrected chi connectivity index (χ4v) is 9.76. The van der Waals surface area contributed by atoms with E-state index in [0.717, 1.165) is 79.7 Å². The van der Waals surface area contributed by atoms with Gasteiger partial charge in [-0.15, -0.1) is 0 Å². The lowest BCUT2D eigenvalue weighted by molar-refractivity contribution is -0.140. The van der Waals surface area contributed by atoms with E-state index in [1.54, 1.807) is 18.2 Å². The number of hydrogen-bond acceptors (Lipinski definition) is 7. The second kappa shape index (κ2) is 13.8. The molecule has 2 N–H and O–H groups in total. The lowest BCUT2D eigenvalue weighted by Crippen LogP contribution is -2.58. The van der Waals surface area contributed by atoms with Crippen molar-refractivity contribution >= 4 is 40.0 Å². The van der Waals surface area contributed by atoms with Crippen LogP contribution in [0.3, 0.4) is 0 Å². The quantitative estimate of drug-likeness (QED) is 0.217. The molecule has 0 bridgehead atoms. The van der Waals surface area contributed by atoms with Crippen molar-refractivity contribution < 1.29 is 14.0 Å². The number of amides is 2. The van der Waals surface area contributed by atoms with Crippen molar-refractivity contribution in [2.75, 3.05) is 49.5 Å². The Balaban J connectivity index is 1.07. The summed E-state index contributed by atoms with van der Waals surface area (Å²) in [5.41, 5.74) is 4.95. The lowest BCUT2D eigenvalue weighted by atomic mass is 9.73. The zero-order valence-corrected chi connectivity index (χ0v) is 31.0. The van der Waals surface area contributed by atoms with Crippen molar-refractivity contribution in [1.82, 2.24) is 29.7 Å². The molecule has 11 heteroatoms. The first-order valence-electron chi connectivity index (χ1n) is 19.9. The van der Waals surface area contributed by atoms with Crippen LogP contribution in [0.5, 0.6) is 0 Å². The Morgan fingerprint density at radius 1 is 0.962 bits per heavy atom. The molecule has 1 saturated carbocycles. The second-order valence-corrected chi connectivity index (χ2v) is 16.3. The van der Waals surface area contributed by atoms with Gasteiger partial charge in [-0.05, 0) is 121 Å². The van der Waals surface area contributed by atoms with E-state index < -0.39 is 5.41 Å². The van der Waals surface area contributed by atoms with E-state index in [2.05, 4.69) is 57.0 Å². The van der Waals surface area contributed by atoms with E-state index in [0.29, 0.717) is 49.2 Å². The molecule has 0 radical (unpaired) electrons. The molecule has 1 aliphatic carbocycles. The fraction of sp³-hybridized carbons (Fsp3) is 0.524. The molecule has 2 amide bonds. The number of rotatable bonds is 7. The number of para-hydroxylation sites is 1. The molecule has 5 aliphatic rings. The monoisotopic (exact) mass is 718 g/mol. The van der Waals surface area contributed by atoms with Gasteiger partial charge in [-0.3, -0.25) is 9.59 Å². The molecule has 9 rings (SSSR count). The molecular formula is C42H51FN8O2. The van der Waals surface area contributed by atoms with Gasteiger partial charge in [-0.1, -0.05) is 30.7 Å². The maximum atomic E-state index is 14.9. The number of nitrogens with one attached hydrogen (secondary N) is 2. The van der Waals surface area contributed by atoms with Crippen LogP contribution in [0.1, 0.15) is 83.2 Å². The lowest BCUT2D eigenvalue weighted by Gasteiger charge is -2.48. The van der Waals surface area contributed by atoms with Crippen molar-refractivity contribution in [3.05, 3.63) is 66.2 Å². The predicted octanol–water partition coefficient (Wildman–Crippen LogP) is 6.79. The highest BCUT2D eigenvalue weighted by Gasteiger charge is 2.56. The SMILES string of the molecule is CC(C)n1cnc2cc(-c3ccc4c(c3)N(C3CC(N5CCCCC5)C3)C(=O)C43CCN(C(=O)C4CCNCC4)CC3)nc(Nc3ccccc3F)c21. The minimum atomic E-state index is -0.639. The number of carbonyl (C=O) groups is 2. The number of piperidine rings is 3. The molecule has 4 aromatic rings. The van der Waals surface area contributed by atoms with Crippen LogP contribution in [0, 0.1) is 11.7 Å². The smallest absolute Gasteiger partial charge is 0.238 e. The molecule has 1 spiro atoms. The summed E-state index contributed by atoms with van der Waals surface area (Å²) >= 11 is 0. The summed E-state index contributed by atoms with van der Waals surface area (Å²) in [6.45, 7) is 9.47. The number of carbonyl (C=O) groups excluding carboxylic acids is 2. The summed E-state index contributed by atoms with van der Waals surface area (Å²) in [7, 11) is 0. The number of hydrogen-bond donors (Lipinski definition) is 2. The fourth-order valence-electron chi connectivity index (χ4n) is 9.76. The highest BCUT2D eigenvalue weighted by atomic mass is 19.1. The Labute approximate surface area is 311 Å². The van der Waals surface area contributed by atoms with Gasteiger partial charge in [0.25, 0.3) is 0 Å². The van der Waals surface area contributed by atoms with Crippen molar-refractivity contribution in [3.63, 3.8) is 0 Å². The Kier molecular flexibility index (Phi) is 8.97. The molecule has 4 fully saturated rings. The largest absolute Gasteiger partial charge is 0.342 e. The van der Waals surface area contributed by atoms with Gasteiger partial charge in [0.2, 0.25) is 11.8 Å². The van der Waals surface area contributed by atoms with Gasteiger partial charge in [0.05, 0.1) is 28.6 Å². The zero-order valence-electron chi connectivity index (χ0n) is 31.0. The minimum Gasteiger partial charge on any atom is -0.342 e. The summed E-state index contributed by atoms with van der Waals surface area (Å²) in [4.78, 5) is 45.2. The van der Waals surface area contributed by atoms with Crippen LogP contribution in [0.4, 0.5) is 21.6 Å². The second-order valence-electron chi connectivity index (χ2n) is 16.3. The number of anilines is 3. The van der Waals surface area contributed by atoms with Gasteiger partial charge in [0, 0.05) is 48.4 Å². The average Bonchev–Trinajstić information content (AvgIpc) is 3.70. The van der Waals surface area contributed by atoms with Crippen LogP contribution in [-0.4, -0.2) is 87.5 Å². The first kappa shape index (κ1) is 34.4. The number of likely N-dealkylation sites (tertiary alicyclic amines) is 2. The standard InChI is InChI=1S/C42H51FN8O2/c1-27(2)50-26-45-36-25-35(47-39(38(36)50)46-34-9-5-4-8-33(34)43)29-10-11-32-37(22-29)51(31-23-30(24-31)48-18-6-3-7-19-48)41(53)42(32)14-20-49(21-15-42)40(52)28-12-16-44-17-13-28/h4-5,8-11,22,25-28,30-31,44H,3,6-7,12-21,23-24H2,1-2H3,(H,46,47). The van der Waals surface area contributed by atoms with Crippen LogP contribution in [0.25, 0.3) is 22.3 Å². The van der Waals surface area contributed by atoms with Crippen molar-refractivity contribution in [3.8, 4) is 11.3 Å². The highest BCUT2D eigenvalue weighted by molar-refractivity contribution is 6.09. The number of nitrogens with zero attached hydrogens (tertiary/aromatic N) is 6. The summed E-state index contributed by atoms with van der Waals surface area (Å²) in [5, 5.41) is 6.65. The van der Waals surface area contributed by atoms with E-state index in [4.69, 9.17) is 9.97 Å². The highest BCUT2D eigenvalue weighted by Crippen LogP contribution is 2.52. The number of imidazole rings is 1. The Bertz CT molecular complexity index is 2020. The van der Waals surface area contributed by atoms with E-state index in [-0.39, 0.29) is 35.6 Å². The van der Waals surface area contributed by atoms with Gasteiger partial charge < -0.3 is 29.9 Å². The first-order valence-corrected chi connectivity index (χ1v) is 19.9. The van der Waals surface area contributed by atoms with Crippen LogP contribution < -0.4 is 15.5 Å². The van der Waals surface area contributed by atoms with Crippen LogP contribution in [0.2, 0.25) is 0 Å². The van der Waals surface area contributed by atoms with Gasteiger partial charge in [0.1, 0.15) is 11.3 Å². The van der Waals surface area contributed by atoms with E-state index in [9.17, 15) is 14.0 Å². The first-order chi connectivity index (χ1) is 25.8. The number of aromatic nitrogens is 3. The van der Waals surface area contributed by atoms with Gasteiger partial charge in [-0.2, -0.15) is 0 Å². The third kappa shape index (κ3) is 6.00. The van der Waals surface area contributed by atoms with Crippen LogP contribution in [-0.2, 0) is 15.0 Å². The average molecular weight is 719 g/mol. The molecule has 2 aromatic carbocycles. The Morgan fingerprint density at radius 2 is 1.72 bits per heavy atom. The summed E-state index contributed by atoms with van der Waals surface area (Å²) in [6, 6.07) is 15.8. The van der Waals surface area contributed by atoms with Crippen molar-refractivity contribution in [2.45, 2.75) is 95.2 Å². The number of halogens is 1. The van der Waals surface area contributed by atoms with Gasteiger partial charge >= 0.3 is 0 Å². The maximum Gasteiger partial charge on any atom is 0.238 e. The molecule has 4 aliphatic heterocycles. The van der Waals surface area contributed by atoms with Crippen molar-refractivity contribution in [1.29, 1.82) is 0 Å². The number of fused-ring (bicyclic) bond motifs is 3. The molecule has 0 atom stereocenters. The number of pyridine rings is 1. The van der Waals surface area contributed by atoms with E-state index in [1.807, 2.05) is 17.3 Å². The molecule has 10 nitrogen and oxygen atoms in total. The van der Waals surface area contributed by atoms with Gasteiger partial charge in [0.15, 0.2) is 5.82 Å². The van der Waals surface area contributed by atoms with Gasteiger partial charge in [-0.25, -0.2) is 14.4 Å². The third-order valence-corrected chi connectivity index (χ3v) is 12.9. The van der Waals surface area contributed by atoms with E-state index in [1.165, 1.54) is 25.3 Å². The Hall–Kier alpha value is -4.35. The molecule has 278 valence electrons. The minimum absolute atomic E-state index is 0.0761. The van der Waals surface area contributed by atoms with Crippen LogP contribution >= 0.6 is 0 Å².